The molecule has 8 nitrogen and oxygen atoms in total. The first-order chi connectivity index (χ1) is 13.4. The lowest BCUT2D eigenvalue weighted by Gasteiger charge is -2.18. The molecule has 2 aliphatic rings. The molecule has 1 unspecified atom stereocenters. The average molecular weight is 376 g/mol. The lowest BCUT2D eigenvalue weighted by Crippen LogP contribution is -2.43. The number of carbonyl (C=O) groups excluding carboxylic acids is 4. The summed E-state index contributed by atoms with van der Waals surface area (Å²) in [5, 5.41) is 5.06. The van der Waals surface area contributed by atoms with Crippen molar-refractivity contribution in [3.05, 3.63) is 72.4 Å². The summed E-state index contributed by atoms with van der Waals surface area (Å²) in [6.07, 6.45) is 1.28. The molecule has 0 spiro atoms. The summed E-state index contributed by atoms with van der Waals surface area (Å²) in [5.74, 6) is -1.14. The van der Waals surface area contributed by atoms with Crippen molar-refractivity contribution in [2.45, 2.75) is 12.5 Å². The largest absolute Gasteiger partial charge is 0.333 e. The predicted molar refractivity (Wildman–Crippen MR) is 101 cm³/mol. The van der Waals surface area contributed by atoms with Gasteiger partial charge in [0.2, 0.25) is 0 Å². The lowest BCUT2D eigenvalue weighted by atomic mass is 10.0. The Kier molecular flexibility index (Phi) is 3.96. The van der Waals surface area contributed by atoms with Crippen LogP contribution >= 0.6 is 0 Å². The molecule has 0 bridgehead atoms. The number of anilines is 2. The van der Waals surface area contributed by atoms with E-state index in [1.54, 1.807) is 60.7 Å². The van der Waals surface area contributed by atoms with Crippen molar-refractivity contribution >= 4 is 35.3 Å². The van der Waals surface area contributed by atoms with Crippen LogP contribution in [0.2, 0.25) is 0 Å². The van der Waals surface area contributed by atoms with Crippen molar-refractivity contribution in [1.82, 2.24) is 10.6 Å². The number of amides is 6. The van der Waals surface area contributed by atoms with E-state index in [1.807, 2.05) is 0 Å². The summed E-state index contributed by atoms with van der Waals surface area (Å²) < 4.78 is 0. The third-order valence-corrected chi connectivity index (χ3v) is 4.56. The van der Waals surface area contributed by atoms with E-state index in [-0.39, 0.29) is 5.70 Å². The van der Waals surface area contributed by atoms with Crippen LogP contribution in [0.1, 0.15) is 6.92 Å². The highest BCUT2D eigenvalue weighted by molar-refractivity contribution is 6.28. The third kappa shape index (κ3) is 2.71. The third-order valence-electron chi connectivity index (χ3n) is 4.56. The van der Waals surface area contributed by atoms with Gasteiger partial charge in [-0.15, -0.1) is 0 Å². The number of carbonyl (C=O) groups is 4. The van der Waals surface area contributed by atoms with E-state index in [2.05, 4.69) is 10.6 Å². The predicted octanol–water partition coefficient (Wildman–Crippen LogP) is 2.14. The van der Waals surface area contributed by atoms with E-state index < -0.39 is 29.4 Å². The Bertz CT molecular complexity index is 1020. The summed E-state index contributed by atoms with van der Waals surface area (Å²) in [4.78, 5) is 52.3. The van der Waals surface area contributed by atoms with Crippen molar-refractivity contribution < 1.29 is 19.2 Å². The number of nitrogens with zero attached hydrogens (tertiary/aromatic N) is 2. The zero-order chi connectivity index (χ0) is 19.9. The molecule has 2 fully saturated rings. The highest BCUT2D eigenvalue weighted by Gasteiger charge is 2.49. The Morgan fingerprint density at radius 3 is 1.89 bits per heavy atom. The van der Waals surface area contributed by atoms with Crippen LogP contribution in [0, 0.1) is 0 Å². The van der Waals surface area contributed by atoms with Gasteiger partial charge in [0.1, 0.15) is 11.2 Å². The van der Waals surface area contributed by atoms with Crippen LogP contribution in [0.3, 0.4) is 0 Å². The maximum Gasteiger partial charge on any atom is 0.333 e. The second kappa shape index (κ2) is 6.34. The first-order valence-corrected chi connectivity index (χ1v) is 8.56. The quantitative estimate of drug-likeness (QED) is 0.633. The van der Waals surface area contributed by atoms with Gasteiger partial charge < -0.3 is 10.6 Å². The first kappa shape index (κ1) is 17.5. The Morgan fingerprint density at radius 2 is 1.32 bits per heavy atom. The van der Waals surface area contributed by atoms with Crippen LogP contribution in [0.5, 0.6) is 0 Å². The van der Waals surface area contributed by atoms with E-state index in [0.717, 1.165) is 9.80 Å². The summed E-state index contributed by atoms with van der Waals surface area (Å²) in [5.41, 5.74) is -0.719. The van der Waals surface area contributed by atoms with Crippen molar-refractivity contribution in [1.29, 1.82) is 0 Å². The number of nitrogens with one attached hydrogen (secondary N) is 2. The monoisotopic (exact) mass is 376 g/mol. The minimum atomic E-state index is -1.47. The Morgan fingerprint density at radius 1 is 0.786 bits per heavy atom. The molecule has 1 atom stereocenters. The van der Waals surface area contributed by atoms with Crippen LogP contribution in [-0.4, -0.2) is 29.4 Å². The van der Waals surface area contributed by atoms with Gasteiger partial charge in [0.25, 0.3) is 11.8 Å². The number of imide groups is 2. The van der Waals surface area contributed by atoms with Crippen LogP contribution < -0.4 is 20.4 Å². The summed E-state index contributed by atoms with van der Waals surface area (Å²) in [6.45, 7) is 1.48. The van der Waals surface area contributed by atoms with E-state index >= 15 is 0 Å². The number of benzene rings is 2. The molecule has 6 amide bonds. The Labute approximate surface area is 160 Å². The molecule has 8 heteroatoms. The van der Waals surface area contributed by atoms with Gasteiger partial charge in [-0.3, -0.25) is 9.59 Å². The van der Waals surface area contributed by atoms with Crippen LogP contribution in [0.15, 0.2) is 72.4 Å². The number of hydrogen-bond acceptors (Lipinski definition) is 4. The van der Waals surface area contributed by atoms with Gasteiger partial charge in [0, 0.05) is 0 Å². The van der Waals surface area contributed by atoms with Gasteiger partial charge in [-0.25, -0.2) is 19.4 Å². The molecule has 2 saturated heterocycles. The smallest absolute Gasteiger partial charge is 0.320 e. The highest BCUT2D eigenvalue weighted by atomic mass is 16.2. The number of urea groups is 2. The fourth-order valence-corrected chi connectivity index (χ4v) is 3.20. The second-order valence-electron chi connectivity index (χ2n) is 6.57. The molecule has 0 aliphatic carbocycles. The minimum Gasteiger partial charge on any atom is -0.320 e. The van der Waals surface area contributed by atoms with Gasteiger partial charge >= 0.3 is 12.1 Å². The zero-order valence-corrected chi connectivity index (χ0v) is 14.9. The van der Waals surface area contributed by atoms with Gasteiger partial charge in [0.05, 0.1) is 11.4 Å². The molecule has 4 rings (SSSR count). The minimum absolute atomic E-state index is 0.0695. The molecule has 2 N–H and O–H groups in total. The SMILES string of the molecule is CC1(/C=C2\NC(=O)N(c3ccccc3)C2=O)NC(=O)N(c2ccccc2)C1=O. The van der Waals surface area contributed by atoms with Crippen LogP contribution in [0.25, 0.3) is 0 Å². The van der Waals surface area contributed by atoms with E-state index in [0.29, 0.717) is 11.4 Å². The molecule has 2 aromatic carbocycles. The van der Waals surface area contributed by atoms with E-state index in [1.165, 1.54) is 13.0 Å². The number of hydrogen-bond donors (Lipinski definition) is 2. The molecule has 0 radical (unpaired) electrons. The van der Waals surface area contributed by atoms with Gasteiger partial charge in [-0.2, -0.15) is 0 Å². The zero-order valence-electron chi connectivity index (χ0n) is 14.9. The fourth-order valence-electron chi connectivity index (χ4n) is 3.20. The molecular weight excluding hydrogens is 360 g/mol. The number of para-hydroxylation sites is 2. The van der Waals surface area contributed by atoms with Crippen molar-refractivity contribution in [3.8, 4) is 0 Å². The van der Waals surface area contributed by atoms with E-state index in [4.69, 9.17) is 0 Å². The molecule has 0 aromatic heterocycles. The molecule has 2 aromatic rings. The Hall–Kier alpha value is -3.94. The highest BCUT2D eigenvalue weighted by Crippen LogP contribution is 2.28. The Balaban J connectivity index is 1.65. The molecule has 2 aliphatic heterocycles. The lowest BCUT2D eigenvalue weighted by molar-refractivity contribution is -0.120. The average Bonchev–Trinajstić information content (AvgIpc) is 3.08. The van der Waals surface area contributed by atoms with Crippen molar-refractivity contribution in [3.63, 3.8) is 0 Å². The maximum atomic E-state index is 12.9. The standard InChI is InChI=1S/C20H16N4O4/c1-20(17(26)24(19(28)22-20)14-10-6-3-7-11-14)12-15-16(25)23(18(27)21-15)13-8-4-2-5-9-13/h2-12H,1H3,(H,21,27)(H,22,28)/b15-12-. The molecule has 0 saturated carbocycles. The summed E-state index contributed by atoms with van der Waals surface area (Å²) in [6, 6.07) is 15.7. The van der Waals surface area contributed by atoms with Gasteiger partial charge in [0.15, 0.2) is 0 Å². The molecule has 28 heavy (non-hydrogen) atoms. The van der Waals surface area contributed by atoms with Crippen LogP contribution in [-0.2, 0) is 9.59 Å². The molecule has 140 valence electrons. The summed E-state index contributed by atoms with van der Waals surface area (Å²) >= 11 is 0. The maximum absolute atomic E-state index is 12.9. The second-order valence-corrected chi connectivity index (χ2v) is 6.57. The number of rotatable bonds is 3. The molecular formula is C20H16N4O4. The van der Waals surface area contributed by atoms with Crippen LogP contribution in [0.4, 0.5) is 21.0 Å². The summed E-state index contributed by atoms with van der Waals surface area (Å²) in [7, 11) is 0. The van der Waals surface area contributed by atoms with Crippen molar-refractivity contribution in [2.24, 2.45) is 0 Å². The van der Waals surface area contributed by atoms with E-state index in [9.17, 15) is 19.2 Å². The first-order valence-electron chi connectivity index (χ1n) is 8.56. The molecule has 2 heterocycles. The topological polar surface area (TPSA) is 98.8 Å². The van der Waals surface area contributed by atoms with Gasteiger partial charge in [-0.1, -0.05) is 36.4 Å². The van der Waals surface area contributed by atoms with Crippen molar-refractivity contribution in [2.75, 3.05) is 9.80 Å². The fraction of sp³-hybridized carbons (Fsp3) is 0.100. The normalized spacial score (nSPS) is 23.4. The van der Waals surface area contributed by atoms with Gasteiger partial charge in [-0.05, 0) is 37.3 Å².